The molecule has 0 aliphatic heterocycles. The van der Waals surface area contributed by atoms with Gasteiger partial charge in [0.25, 0.3) is 5.91 Å². The number of rotatable bonds is 3. The lowest BCUT2D eigenvalue weighted by atomic mass is 10.1. The van der Waals surface area contributed by atoms with Crippen LogP contribution in [0, 0.1) is 0 Å². The maximum atomic E-state index is 12.1. The minimum Gasteiger partial charge on any atom is -0.349 e. The molecule has 1 aromatic carbocycles. The van der Waals surface area contributed by atoms with E-state index in [0.717, 1.165) is 24.1 Å². The van der Waals surface area contributed by atoms with E-state index in [1.807, 2.05) is 42.5 Å². The van der Waals surface area contributed by atoms with Crippen LogP contribution in [0.5, 0.6) is 0 Å². The first-order chi connectivity index (χ1) is 9.83. The van der Waals surface area contributed by atoms with Gasteiger partial charge in [0.2, 0.25) is 0 Å². The molecule has 1 aliphatic carbocycles. The summed E-state index contributed by atoms with van der Waals surface area (Å²) in [6.07, 6.45) is 6.29. The van der Waals surface area contributed by atoms with Gasteiger partial charge in [-0.3, -0.25) is 9.78 Å². The molecular formula is C17H18N2O. The van der Waals surface area contributed by atoms with Gasteiger partial charge in [0.1, 0.15) is 0 Å². The number of aromatic nitrogens is 1. The Morgan fingerprint density at radius 3 is 2.45 bits per heavy atom. The first kappa shape index (κ1) is 12.9. The highest BCUT2D eigenvalue weighted by Gasteiger charge is 2.18. The van der Waals surface area contributed by atoms with E-state index in [9.17, 15) is 4.79 Å². The lowest BCUT2D eigenvalue weighted by Gasteiger charge is -2.11. The van der Waals surface area contributed by atoms with Crippen LogP contribution in [0.1, 0.15) is 36.0 Å². The Morgan fingerprint density at radius 2 is 1.80 bits per heavy atom. The molecule has 1 aliphatic rings. The summed E-state index contributed by atoms with van der Waals surface area (Å²) in [6, 6.07) is 14.1. The number of pyridine rings is 1. The van der Waals surface area contributed by atoms with Gasteiger partial charge in [0.15, 0.2) is 0 Å². The van der Waals surface area contributed by atoms with Gasteiger partial charge in [-0.2, -0.15) is 0 Å². The quantitative estimate of drug-likeness (QED) is 0.925. The molecule has 0 atom stereocenters. The minimum absolute atomic E-state index is 0.0102. The molecule has 3 nitrogen and oxygen atoms in total. The summed E-state index contributed by atoms with van der Waals surface area (Å²) in [6.45, 7) is 0. The third kappa shape index (κ3) is 2.87. The largest absolute Gasteiger partial charge is 0.349 e. The molecule has 0 saturated heterocycles. The van der Waals surface area contributed by atoms with Crippen LogP contribution in [-0.4, -0.2) is 16.9 Å². The molecule has 3 heteroatoms. The second kappa shape index (κ2) is 5.87. The van der Waals surface area contributed by atoms with Crippen molar-refractivity contribution in [1.82, 2.24) is 10.3 Å². The molecule has 20 heavy (non-hydrogen) atoms. The van der Waals surface area contributed by atoms with Crippen molar-refractivity contribution < 1.29 is 4.79 Å². The van der Waals surface area contributed by atoms with Crippen LogP contribution in [0.25, 0.3) is 11.3 Å². The second-order valence-electron chi connectivity index (χ2n) is 5.25. The Balaban J connectivity index is 1.71. The van der Waals surface area contributed by atoms with E-state index in [0.29, 0.717) is 11.6 Å². The number of benzene rings is 1. The van der Waals surface area contributed by atoms with Crippen molar-refractivity contribution in [2.75, 3.05) is 0 Å². The summed E-state index contributed by atoms with van der Waals surface area (Å²) in [5.74, 6) is -0.0102. The summed E-state index contributed by atoms with van der Waals surface area (Å²) >= 11 is 0. The van der Waals surface area contributed by atoms with E-state index in [1.165, 1.54) is 12.8 Å². The fourth-order valence-corrected chi connectivity index (χ4v) is 2.65. The van der Waals surface area contributed by atoms with Crippen molar-refractivity contribution >= 4 is 5.91 Å². The normalized spacial score (nSPS) is 15.2. The Kier molecular flexibility index (Phi) is 3.77. The van der Waals surface area contributed by atoms with E-state index in [2.05, 4.69) is 10.3 Å². The third-order valence-electron chi connectivity index (χ3n) is 3.79. The van der Waals surface area contributed by atoms with E-state index in [4.69, 9.17) is 0 Å². The molecule has 0 radical (unpaired) electrons. The fraction of sp³-hybridized carbons (Fsp3) is 0.294. The summed E-state index contributed by atoms with van der Waals surface area (Å²) < 4.78 is 0. The van der Waals surface area contributed by atoms with Gasteiger partial charge in [-0.05, 0) is 25.0 Å². The molecule has 1 aromatic heterocycles. The van der Waals surface area contributed by atoms with Crippen LogP contribution in [0.15, 0.2) is 48.7 Å². The molecule has 1 fully saturated rings. The van der Waals surface area contributed by atoms with Gasteiger partial charge in [0.05, 0.1) is 11.3 Å². The monoisotopic (exact) mass is 266 g/mol. The maximum absolute atomic E-state index is 12.1. The highest BCUT2D eigenvalue weighted by molar-refractivity contribution is 5.94. The first-order valence-electron chi connectivity index (χ1n) is 7.15. The van der Waals surface area contributed by atoms with E-state index < -0.39 is 0 Å². The number of hydrogen-bond donors (Lipinski definition) is 1. The van der Waals surface area contributed by atoms with Gasteiger partial charge < -0.3 is 5.32 Å². The summed E-state index contributed by atoms with van der Waals surface area (Å²) in [4.78, 5) is 16.5. The summed E-state index contributed by atoms with van der Waals surface area (Å²) in [7, 11) is 0. The highest BCUT2D eigenvalue weighted by atomic mass is 16.1. The van der Waals surface area contributed by atoms with Crippen LogP contribution in [0.4, 0.5) is 0 Å². The van der Waals surface area contributed by atoms with Crippen LogP contribution >= 0.6 is 0 Å². The van der Waals surface area contributed by atoms with E-state index in [1.54, 1.807) is 6.20 Å². The standard InChI is InChI=1S/C17H18N2O/c20-17(19-15-8-4-5-9-15)14-10-11-16(18-12-14)13-6-2-1-3-7-13/h1-3,6-7,10-12,15H,4-5,8-9H2,(H,19,20). The zero-order chi connectivity index (χ0) is 13.8. The summed E-state index contributed by atoms with van der Waals surface area (Å²) in [5, 5.41) is 3.08. The number of nitrogens with one attached hydrogen (secondary N) is 1. The molecule has 0 bridgehead atoms. The zero-order valence-electron chi connectivity index (χ0n) is 11.4. The molecule has 1 heterocycles. The van der Waals surface area contributed by atoms with Gasteiger partial charge in [-0.15, -0.1) is 0 Å². The van der Waals surface area contributed by atoms with Crippen molar-refractivity contribution in [2.24, 2.45) is 0 Å². The number of amides is 1. The van der Waals surface area contributed by atoms with Crippen LogP contribution < -0.4 is 5.32 Å². The molecule has 102 valence electrons. The Bertz CT molecular complexity index is 572. The maximum Gasteiger partial charge on any atom is 0.253 e. The molecule has 3 rings (SSSR count). The average molecular weight is 266 g/mol. The van der Waals surface area contributed by atoms with Crippen LogP contribution in [-0.2, 0) is 0 Å². The molecule has 2 aromatic rings. The van der Waals surface area contributed by atoms with Crippen LogP contribution in [0.2, 0.25) is 0 Å². The Morgan fingerprint density at radius 1 is 1.05 bits per heavy atom. The van der Waals surface area contributed by atoms with Gasteiger partial charge in [-0.1, -0.05) is 43.2 Å². The molecular weight excluding hydrogens is 248 g/mol. The number of carbonyl (C=O) groups is 1. The Labute approximate surface area is 119 Å². The third-order valence-corrected chi connectivity index (χ3v) is 3.79. The number of carbonyl (C=O) groups excluding carboxylic acids is 1. The molecule has 1 N–H and O–H groups in total. The number of nitrogens with zero attached hydrogens (tertiary/aromatic N) is 1. The predicted octanol–water partition coefficient (Wildman–Crippen LogP) is 3.42. The van der Waals surface area contributed by atoms with Crippen molar-refractivity contribution in [2.45, 2.75) is 31.7 Å². The lowest BCUT2D eigenvalue weighted by molar-refractivity contribution is 0.0937. The lowest BCUT2D eigenvalue weighted by Crippen LogP contribution is -2.32. The van der Waals surface area contributed by atoms with E-state index in [-0.39, 0.29) is 5.91 Å². The smallest absolute Gasteiger partial charge is 0.253 e. The van der Waals surface area contributed by atoms with E-state index >= 15 is 0 Å². The molecule has 0 spiro atoms. The average Bonchev–Trinajstić information content (AvgIpc) is 3.01. The first-order valence-corrected chi connectivity index (χ1v) is 7.15. The van der Waals surface area contributed by atoms with Crippen molar-refractivity contribution in [3.63, 3.8) is 0 Å². The van der Waals surface area contributed by atoms with Crippen LogP contribution in [0.3, 0.4) is 0 Å². The van der Waals surface area contributed by atoms with Gasteiger partial charge in [0, 0.05) is 17.8 Å². The van der Waals surface area contributed by atoms with Crippen molar-refractivity contribution in [3.05, 3.63) is 54.2 Å². The minimum atomic E-state index is -0.0102. The predicted molar refractivity (Wildman–Crippen MR) is 79.4 cm³/mol. The summed E-state index contributed by atoms with van der Waals surface area (Å²) in [5.41, 5.74) is 2.59. The molecule has 1 amide bonds. The second-order valence-corrected chi connectivity index (χ2v) is 5.25. The van der Waals surface area contributed by atoms with Crippen molar-refractivity contribution in [1.29, 1.82) is 0 Å². The fourth-order valence-electron chi connectivity index (χ4n) is 2.65. The number of hydrogen-bond acceptors (Lipinski definition) is 2. The Hall–Kier alpha value is -2.16. The SMILES string of the molecule is O=C(NC1CCCC1)c1ccc(-c2ccccc2)nc1. The van der Waals surface area contributed by atoms with Gasteiger partial charge >= 0.3 is 0 Å². The topological polar surface area (TPSA) is 42.0 Å². The molecule has 1 saturated carbocycles. The highest BCUT2D eigenvalue weighted by Crippen LogP contribution is 2.19. The molecule has 0 unspecified atom stereocenters. The van der Waals surface area contributed by atoms with Crippen molar-refractivity contribution in [3.8, 4) is 11.3 Å². The zero-order valence-corrected chi connectivity index (χ0v) is 11.4. The van der Waals surface area contributed by atoms with Gasteiger partial charge in [-0.25, -0.2) is 0 Å².